The highest BCUT2D eigenvalue weighted by molar-refractivity contribution is 6.32. The number of hydrogen-bond donors (Lipinski definition) is 1. The van der Waals surface area contributed by atoms with Gasteiger partial charge in [-0.15, -0.1) is 0 Å². The minimum absolute atomic E-state index is 0.455. The normalized spacial score (nSPS) is 11.3. The summed E-state index contributed by atoms with van der Waals surface area (Å²) in [6, 6.07) is 3.63. The minimum Gasteiger partial charge on any atom is -0.493 e. The molecular formula is C11H16ClNO2. The lowest BCUT2D eigenvalue weighted by Crippen LogP contribution is -2.28. The average Bonchev–Trinajstić information content (AvgIpc) is 2.15. The van der Waals surface area contributed by atoms with Crippen molar-refractivity contribution in [3.63, 3.8) is 0 Å². The number of hydrogen-bond acceptors (Lipinski definition) is 3. The van der Waals surface area contributed by atoms with E-state index in [1.165, 1.54) is 0 Å². The van der Waals surface area contributed by atoms with Crippen LogP contribution in [0.5, 0.6) is 11.5 Å². The van der Waals surface area contributed by atoms with Crippen molar-refractivity contribution in [1.29, 1.82) is 0 Å². The van der Waals surface area contributed by atoms with Crippen LogP contribution in [0.4, 0.5) is 0 Å². The van der Waals surface area contributed by atoms with Gasteiger partial charge in [-0.1, -0.05) is 11.6 Å². The summed E-state index contributed by atoms with van der Waals surface area (Å²) in [7, 11) is 3.12. The van der Waals surface area contributed by atoms with Gasteiger partial charge in [-0.2, -0.15) is 0 Å². The topological polar surface area (TPSA) is 44.5 Å². The van der Waals surface area contributed by atoms with Crippen molar-refractivity contribution < 1.29 is 9.47 Å². The van der Waals surface area contributed by atoms with Gasteiger partial charge in [-0.05, 0) is 31.5 Å². The molecule has 1 rings (SSSR count). The Kier molecular flexibility index (Phi) is 3.47. The third-order valence-corrected chi connectivity index (χ3v) is 2.46. The number of ether oxygens (including phenoxy) is 2. The van der Waals surface area contributed by atoms with Crippen LogP contribution < -0.4 is 15.2 Å². The molecule has 0 radical (unpaired) electrons. The summed E-state index contributed by atoms with van der Waals surface area (Å²) >= 11 is 6.06. The maximum Gasteiger partial charge on any atom is 0.179 e. The first kappa shape index (κ1) is 12.1. The summed E-state index contributed by atoms with van der Waals surface area (Å²) in [6.07, 6.45) is 0. The third-order valence-electron chi connectivity index (χ3n) is 2.18. The van der Waals surface area contributed by atoms with Gasteiger partial charge >= 0.3 is 0 Å². The van der Waals surface area contributed by atoms with Crippen LogP contribution in [0, 0.1) is 0 Å². The van der Waals surface area contributed by atoms with Crippen LogP contribution >= 0.6 is 11.6 Å². The van der Waals surface area contributed by atoms with Crippen molar-refractivity contribution in [1.82, 2.24) is 0 Å². The Morgan fingerprint density at radius 1 is 1.20 bits per heavy atom. The van der Waals surface area contributed by atoms with Gasteiger partial charge in [0.2, 0.25) is 0 Å². The lowest BCUT2D eigenvalue weighted by Gasteiger charge is -2.21. The van der Waals surface area contributed by atoms with Crippen LogP contribution in [-0.2, 0) is 5.54 Å². The van der Waals surface area contributed by atoms with Crippen molar-refractivity contribution in [3.8, 4) is 11.5 Å². The zero-order valence-corrected chi connectivity index (χ0v) is 10.2. The highest BCUT2D eigenvalue weighted by Gasteiger charge is 2.19. The van der Waals surface area contributed by atoms with Crippen LogP contribution in [0.25, 0.3) is 0 Å². The van der Waals surface area contributed by atoms with Gasteiger partial charge in [0, 0.05) is 5.54 Å². The number of halogens is 1. The molecule has 4 heteroatoms. The fraction of sp³-hybridized carbons (Fsp3) is 0.455. The predicted octanol–water partition coefficient (Wildman–Crippen LogP) is 2.55. The molecule has 84 valence electrons. The first-order chi connectivity index (χ1) is 6.90. The molecule has 0 heterocycles. The van der Waals surface area contributed by atoms with Gasteiger partial charge in [-0.3, -0.25) is 0 Å². The van der Waals surface area contributed by atoms with Crippen LogP contribution in [0.15, 0.2) is 12.1 Å². The molecule has 0 atom stereocenters. The molecule has 0 spiro atoms. The maximum atomic E-state index is 6.06. The molecule has 0 bridgehead atoms. The summed E-state index contributed by atoms with van der Waals surface area (Å²) in [5.74, 6) is 1.13. The Labute approximate surface area is 95.1 Å². The number of rotatable bonds is 3. The van der Waals surface area contributed by atoms with Crippen LogP contribution in [-0.4, -0.2) is 14.2 Å². The van der Waals surface area contributed by atoms with E-state index < -0.39 is 5.54 Å². The zero-order valence-electron chi connectivity index (χ0n) is 9.43. The van der Waals surface area contributed by atoms with E-state index in [0.717, 1.165) is 5.56 Å². The predicted molar refractivity (Wildman–Crippen MR) is 61.8 cm³/mol. The van der Waals surface area contributed by atoms with Crippen molar-refractivity contribution >= 4 is 11.6 Å². The lowest BCUT2D eigenvalue weighted by molar-refractivity contribution is 0.353. The molecule has 1 aromatic carbocycles. The quantitative estimate of drug-likeness (QED) is 0.867. The fourth-order valence-corrected chi connectivity index (χ4v) is 1.58. The second kappa shape index (κ2) is 4.29. The third kappa shape index (κ3) is 2.55. The average molecular weight is 230 g/mol. The van der Waals surface area contributed by atoms with Crippen LogP contribution in [0.2, 0.25) is 5.02 Å². The van der Waals surface area contributed by atoms with Gasteiger partial charge in [0.05, 0.1) is 19.2 Å². The molecular weight excluding hydrogens is 214 g/mol. The standard InChI is InChI=1S/C11H16ClNO2/c1-11(2,13)7-5-8(12)10(15-4)9(6-7)14-3/h5-6H,13H2,1-4H3. The lowest BCUT2D eigenvalue weighted by atomic mass is 9.95. The Bertz CT molecular complexity index is 358. The molecule has 0 aliphatic rings. The van der Waals surface area contributed by atoms with E-state index in [1.807, 2.05) is 19.9 Å². The minimum atomic E-state index is -0.455. The molecule has 2 N–H and O–H groups in total. The summed E-state index contributed by atoms with van der Waals surface area (Å²) in [5, 5.41) is 0.505. The number of methoxy groups -OCH3 is 2. The van der Waals surface area contributed by atoms with E-state index in [1.54, 1.807) is 20.3 Å². The summed E-state index contributed by atoms with van der Waals surface area (Å²) in [4.78, 5) is 0. The van der Waals surface area contributed by atoms with Gasteiger partial charge < -0.3 is 15.2 Å². The molecule has 0 saturated heterocycles. The van der Waals surface area contributed by atoms with E-state index in [0.29, 0.717) is 16.5 Å². The van der Waals surface area contributed by atoms with Crippen LogP contribution in [0.3, 0.4) is 0 Å². The first-order valence-electron chi connectivity index (χ1n) is 4.61. The smallest absolute Gasteiger partial charge is 0.179 e. The van der Waals surface area contributed by atoms with Crippen LogP contribution in [0.1, 0.15) is 19.4 Å². The molecule has 0 unspecified atom stereocenters. The molecule has 3 nitrogen and oxygen atoms in total. The largest absolute Gasteiger partial charge is 0.493 e. The maximum absolute atomic E-state index is 6.06. The van der Waals surface area contributed by atoms with Crippen molar-refractivity contribution in [2.45, 2.75) is 19.4 Å². The second-order valence-corrected chi connectivity index (χ2v) is 4.32. The SMILES string of the molecule is COc1cc(C(C)(C)N)cc(Cl)c1OC. The van der Waals surface area contributed by atoms with E-state index >= 15 is 0 Å². The van der Waals surface area contributed by atoms with E-state index in [4.69, 9.17) is 26.8 Å². The van der Waals surface area contributed by atoms with Crippen molar-refractivity contribution in [2.75, 3.05) is 14.2 Å². The molecule has 0 aromatic heterocycles. The highest BCUT2D eigenvalue weighted by atomic mass is 35.5. The monoisotopic (exact) mass is 229 g/mol. The Morgan fingerprint density at radius 3 is 2.20 bits per heavy atom. The van der Waals surface area contributed by atoms with E-state index in [-0.39, 0.29) is 0 Å². The molecule has 0 amide bonds. The molecule has 15 heavy (non-hydrogen) atoms. The van der Waals surface area contributed by atoms with Crippen molar-refractivity contribution in [2.24, 2.45) is 5.73 Å². The second-order valence-electron chi connectivity index (χ2n) is 3.92. The first-order valence-corrected chi connectivity index (χ1v) is 4.99. The Hall–Kier alpha value is -0.930. The van der Waals surface area contributed by atoms with Gasteiger partial charge in [0.15, 0.2) is 11.5 Å². The molecule has 0 aliphatic carbocycles. The van der Waals surface area contributed by atoms with E-state index in [9.17, 15) is 0 Å². The Balaban J connectivity index is 3.32. The van der Waals surface area contributed by atoms with Gasteiger partial charge in [-0.25, -0.2) is 0 Å². The summed E-state index contributed by atoms with van der Waals surface area (Å²) < 4.78 is 10.3. The molecule has 1 aromatic rings. The molecule has 0 fully saturated rings. The number of benzene rings is 1. The molecule has 0 aliphatic heterocycles. The zero-order chi connectivity index (χ0) is 11.6. The van der Waals surface area contributed by atoms with Gasteiger partial charge in [0.1, 0.15) is 0 Å². The summed E-state index contributed by atoms with van der Waals surface area (Å²) in [5.41, 5.74) is 6.44. The summed E-state index contributed by atoms with van der Waals surface area (Å²) in [6.45, 7) is 3.81. The molecule has 0 saturated carbocycles. The fourth-order valence-electron chi connectivity index (χ4n) is 1.29. The van der Waals surface area contributed by atoms with Crippen molar-refractivity contribution in [3.05, 3.63) is 22.7 Å². The van der Waals surface area contributed by atoms with E-state index in [2.05, 4.69) is 0 Å². The Morgan fingerprint density at radius 2 is 1.80 bits per heavy atom. The highest BCUT2D eigenvalue weighted by Crippen LogP contribution is 2.38. The van der Waals surface area contributed by atoms with Gasteiger partial charge in [0.25, 0.3) is 0 Å². The number of nitrogens with two attached hydrogens (primary N) is 1.